The second kappa shape index (κ2) is 4.42. The number of nitrogens with one attached hydrogen (secondary N) is 2. The summed E-state index contributed by atoms with van der Waals surface area (Å²) in [7, 11) is 0. The summed E-state index contributed by atoms with van der Waals surface area (Å²) < 4.78 is 0. The fraction of sp³-hybridized carbons (Fsp3) is 0.0625. The molecule has 0 unspecified atom stereocenters. The quantitative estimate of drug-likeness (QED) is 0.534. The summed E-state index contributed by atoms with van der Waals surface area (Å²) in [4.78, 5) is 25.9. The predicted molar refractivity (Wildman–Crippen MR) is 82.7 cm³/mol. The molecule has 0 saturated heterocycles. The van der Waals surface area contributed by atoms with E-state index >= 15 is 0 Å². The van der Waals surface area contributed by atoms with Crippen molar-refractivity contribution in [2.45, 2.75) is 6.42 Å². The minimum atomic E-state index is -0.427. The Morgan fingerprint density at radius 1 is 1.18 bits per heavy atom. The molecule has 6 heteroatoms. The van der Waals surface area contributed by atoms with Gasteiger partial charge in [0.25, 0.3) is 5.69 Å². The van der Waals surface area contributed by atoms with Crippen LogP contribution in [0.15, 0.2) is 42.5 Å². The van der Waals surface area contributed by atoms with Crippen molar-refractivity contribution in [1.29, 1.82) is 0 Å². The van der Waals surface area contributed by atoms with Crippen molar-refractivity contribution in [3.8, 4) is 11.3 Å². The first-order chi connectivity index (χ1) is 10.6. The lowest BCUT2D eigenvalue weighted by Crippen LogP contribution is -2.12. The third-order valence-corrected chi connectivity index (χ3v) is 3.91. The van der Waals surface area contributed by atoms with Crippen LogP contribution in [0.5, 0.6) is 0 Å². The van der Waals surface area contributed by atoms with Crippen molar-refractivity contribution in [2.24, 2.45) is 0 Å². The van der Waals surface area contributed by atoms with Crippen molar-refractivity contribution in [1.82, 2.24) is 4.98 Å². The number of aromatic nitrogens is 1. The third kappa shape index (κ3) is 1.77. The van der Waals surface area contributed by atoms with Crippen LogP contribution in [-0.4, -0.2) is 15.8 Å². The molecular weight excluding hydrogens is 286 g/mol. The summed E-state index contributed by atoms with van der Waals surface area (Å²) in [6.45, 7) is 0. The van der Waals surface area contributed by atoms with Gasteiger partial charge in [-0.15, -0.1) is 0 Å². The monoisotopic (exact) mass is 297 g/mol. The van der Waals surface area contributed by atoms with Crippen molar-refractivity contribution >= 4 is 28.2 Å². The van der Waals surface area contributed by atoms with E-state index in [1.165, 1.54) is 12.1 Å². The van der Waals surface area contributed by atoms with Crippen LogP contribution in [-0.2, 0) is 11.2 Å². The lowest BCUT2D eigenvalue weighted by Gasteiger charge is -2.05. The standard InChI is InChI=1S/C16H11N3O3/c20-15-8-12-11-7-9(19(21)22)5-6-14(11)18-16(12)10-3-1-2-4-13(10)17-15/h1-7,18H,8H2,(H,17,20)/i12+2,16+2. The highest BCUT2D eigenvalue weighted by molar-refractivity contribution is 6.05. The lowest BCUT2D eigenvalue weighted by atomic mass is 10.2. The summed E-state index contributed by atoms with van der Waals surface area (Å²) in [6.07, 6.45) is 0.186. The summed E-state index contributed by atoms with van der Waals surface area (Å²) in [6, 6.07) is 12.2. The Bertz CT molecular complexity index is 943. The van der Waals surface area contributed by atoms with E-state index in [0.29, 0.717) is 0 Å². The van der Waals surface area contributed by atoms with Gasteiger partial charge in [-0.25, -0.2) is 0 Å². The number of nitrogens with zero attached hydrogens (tertiary/aromatic N) is 1. The molecular formula is C16H11N3O3. The first-order valence-corrected chi connectivity index (χ1v) is 6.82. The van der Waals surface area contributed by atoms with Gasteiger partial charge in [-0.1, -0.05) is 18.2 Å². The minimum Gasteiger partial charge on any atom is -0.354 e. The average Bonchev–Trinajstić information content (AvgIpc) is 2.78. The van der Waals surface area contributed by atoms with Crippen LogP contribution >= 0.6 is 0 Å². The molecule has 3 aromatic rings. The zero-order chi connectivity index (χ0) is 15.3. The number of nitro groups is 1. The van der Waals surface area contributed by atoms with Crippen molar-refractivity contribution in [2.75, 3.05) is 5.32 Å². The molecule has 0 radical (unpaired) electrons. The molecule has 0 aliphatic carbocycles. The minimum absolute atomic E-state index is 0.0206. The van der Waals surface area contributed by atoms with E-state index in [1.807, 2.05) is 24.3 Å². The molecule has 2 aromatic carbocycles. The number of H-pyrrole nitrogens is 1. The fourth-order valence-electron chi connectivity index (χ4n) is 2.93. The Hall–Kier alpha value is -3.15. The molecule has 4 rings (SSSR count). The Labute approximate surface area is 124 Å². The van der Waals surface area contributed by atoms with Crippen LogP contribution in [0, 0.1) is 10.1 Å². The number of non-ortho nitro benzene ring substituents is 1. The molecule has 2 N–H and O–H groups in total. The van der Waals surface area contributed by atoms with Gasteiger partial charge in [0.2, 0.25) is 5.91 Å². The molecule has 1 aromatic heterocycles. The highest BCUT2D eigenvalue weighted by Crippen LogP contribution is 2.38. The lowest BCUT2D eigenvalue weighted by molar-refractivity contribution is -0.384. The van der Waals surface area contributed by atoms with Gasteiger partial charge in [-0.3, -0.25) is 14.9 Å². The second-order valence-electron chi connectivity index (χ2n) is 5.24. The topological polar surface area (TPSA) is 88.0 Å². The Kier molecular flexibility index (Phi) is 2.53. The maximum Gasteiger partial charge on any atom is 0.270 e. The molecule has 2 heterocycles. The van der Waals surface area contributed by atoms with E-state index < -0.39 is 4.92 Å². The average molecular weight is 297 g/mol. The zero-order valence-corrected chi connectivity index (χ0v) is 11.4. The Morgan fingerprint density at radius 3 is 2.82 bits per heavy atom. The number of fused-ring (bicyclic) bond motifs is 5. The van der Waals surface area contributed by atoms with E-state index in [1.54, 1.807) is 6.07 Å². The van der Waals surface area contributed by atoms with Crippen LogP contribution in [0.4, 0.5) is 11.4 Å². The highest BCUT2D eigenvalue weighted by atomic mass is 16.6. The van der Waals surface area contributed by atoms with Gasteiger partial charge in [-0.05, 0) is 17.7 Å². The van der Waals surface area contributed by atoms with Gasteiger partial charge in [0.05, 0.1) is 22.7 Å². The number of hydrogen-bond donors (Lipinski definition) is 2. The van der Waals surface area contributed by atoms with Gasteiger partial charge in [0.1, 0.15) is 0 Å². The summed E-state index contributed by atoms with van der Waals surface area (Å²) in [5, 5.41) is 14.6. The van der Waals surface area contributed by atoms with Gasteiger partial charge in [-0.2, -0.15) is 0 Å². The van der Waals surface area contributed by atoms with E-state index in [9.17, 15) is 14.9 Å². The molecule has 22 heavy (non-hydrogen) atoms. The van der Waals surface area contributed by atoms with E-state index in [0.717, 1.165) is 33.4 Å². The molecule has 1 aliphatic rings. The molecule has 0 atom stereocenters. The first kappa shape index (κ1) is 12.6. The fourth-order valence-corrected chi connectivity index (χ4v) is 2.93. The van der Waals surface area contributed by atoms with E-state index in [-0.39, 0.29) is 18.0 Å². The highest BCUT2D eigenvalue weighted by Gasteiger charge is 2.23. The molecule has 0 saturated carbocycles. The summed E-state index contributed by atoms with van der Waals surface area (Å²) >= 11 is 0. The number of rotatable bonds is 1. The summed E-state index contributed by atoms with van der Waals surface area (Å²) in [5.74, 6) is -0.126. The number of nitro benzene ring substituents is 1. The molecule has 0 spiro atoms. The third-order valence-electron chi connectivity index (χ3n) is 3.91. The van der Waals surface area contributed by atoms with Gasteiger partial charge in [0, 0.05) is 28.6 Å². The Morgan fingerprint density at radius 2 is 2.00 bits per heavy atom. The molecule has 0 fully saturated rings. The SMILES string of the molecule is O=C1C[14c]2c3cc([N+](=O)[O-])ccc3[nH][14c]2-c2ccccc2N1. The largest absolute Gasteiger partial charge is 0.354 e. The Balaban J connectivity index is 2.05. The van der Waals surface area contributed by atoms with Crippen LogP contribution in [0.1, 0.15) is 5.56 Å². The number of benzene rings is 2. The van der Waals surface area contributed by atoms with E-state index in [4.69, 9.17) is 0 Å². The zero-order valence-electron chi connectivity index (χ0n) is 11.4. The normalized spacial score (nSPS) is 13.2. The molecule has 6 nitrogen and oxygen atoms in total. The van der Waals surface area contributed by atoms with Crippen molar-refractivity contribution in [3.05, 3.63) is 58.1 Å². The number of carbonyl (C=O) groups excluding carboxylic acids is 1. The number of anilines is 1. The van der Waals surface area contributed by atoms with Crippen LogP contribution in [0.2, 0.25) is 0 Å². The number of amides is 1. The van der Waals surface area contributed by atoms with Gasteiger partial charge < -0.3 is 10.3 Å². The first-order valence-electron chi connectivity index (χ1n) is 6.82. The second-order valence-corrected chi connectivity index (χ2v) is 5.24. The number of aromatic amines is 1. The van der Waals surface area contributed by atoms with E-state index in [2.05, 4.69) is 10.3 Å². The predicted octanol–water partition coefficient (Wildman–Crippen LogP) is 3.24. The van der Waals surface area contributed by atoms with Crippen molar-refractivity contribution < 1.29 is 9.72 Å². The molecule has 108 valence electrons. The maximum absolute atomic E-state index is 12.1. The van der Waals surface area contributed by atoms with Crippen molar-refractivity contribution in [3.63, 3.8) is 0 Å². The van der Waals surface area contributed by atoms with Gasteiger partial charge in [0.15, 0.2) is 0 Å². The molecule has 0 bridgehead atoms. The van der Waals surface area contributed by atoms with Crippen LogP contribution in [0.3, 0.4) is 0 Å². The van der Waals surface area contributed by atoms with Crippen LogP contribution < -0.4 is 5.32 Å². The van der Waals surface area contributed by atoms with Crippen LogP contribution in [0.25, 0.3) is 22.2 Å². The molecule has 1 aliphatic heterocycles. The number of carbonyl (C=O) groups is 1. The number of para-hydroxylation sites is 1. The van der Waals surface area contributed by atoms with Gasteiger partial charge >= 0.3 is 0 Å². The maximum atomic E-state index is 12.1. The number of hydrogen-bond acceptors (Lipinski definition) is 3. The molecule has 1 amide bonds. The smallest absolute Gasteiger partial charge is 0.270 e. The summed E-state index contributed by atoms with van der Waals surface area (Å²) in [5.41, 5.74) is 4.08.